The molecule has 21 heavy (non-hydrogen) atoms. The van der Waals surface area contributed by atoms with Crippen LogP contribution in [0.2, 0.25) is 0 Å². The maximum Gasteiger partial charge on any atom is 0.410 e. The fourth-order valence-corrected chi connectivity index (χ4v) is 2.15. The van der Waals surface area contributed by atoms with Crippen molar-refractivity contribution in [3.8, 4) is 0 Å². The molecule has 1 fully saturated rings. The summed E-state index contributed by atoms with van der Waals surface area (Å²) in [7, 11) is 0. The van der Waals surface area contributed by atoms with Gasteiger partial charge in [0.2, 0.25) is 0 Å². The van der Waals surface area contributed by atoms with Crippen molar-refractivity contribution in [3.05, 3.63) is 12.0 Å². The Bertz CT molecular complexity index is 519. The van der Waals surface area contributed by atoms with Gasteiger partial charge in [-0.05, 0) is 27.7 Å². The number of rotatable bonds is 1. The molecule has 0 aliphatic carbocycles. The van der Waals surface area contributed by atoms with E-state index in [1.807, 2.05) is 27.7 Å². The van der Waals surface area contributed by atoms with Crippen LogP contribution < -0.4 is 10.6 Å². The quantitative estimate of drug-likeness (QED) is 0.843. The number of nitrogens with two attached hydrogens (primary N) is 1. The Morgan fingerprint density at radius 3 is 2.43 bits per heavy atom. The van der Waals surface area contributed by atoms with E-state index in [1.54, 1.807) is 4.90 Å². The molecule has 1 aromatic heterocycles. The van der Waals surface area contributed by atoms with Crippen LogP contribution in [-0.4, -0.2) is 52.7 Å². The van der Waals surface area contributed by atoms with E-state index in [9.17, 15) is 4.79 Å². The number of nitrogen functional groups attached to an aromatic ring is 1. The third-order valence-electron chi connectivity index (χ3n) is 3.29. The molecule has 1 amide bonds. The van der Waals surface area contributed by atoms with Gasteiger partial charge in [-0.3, -0.25) is 0 Å². The molecule has 7 nitrogen and oxygen atoms in total. The van der Waals surface area contributed by atoms with E-state index in [1.165, 1.54) is 6.33 Å². The number of piperazine rings is 1. The van der Waals surface area contributed by atoms with Gasteiger partial charge in [-0.2, -0.15) is 0 Å². The van der Waals surface area contributed by atoms with Gasteiger partial charge in [-0.25, -0.2) is 14.8 Å². The van der Waals surface area contributed by atoms with Crippen molar-refractivity contribution in [1.82, 2.24) is 14.9 Å². The van der Waals surface area contributed by atoms with Gasteiger partial charge >= 0.3 is 6.09 Å². The maximum absolute atomic E-state index is 12.0. The predicted molar refractivity (Wildman–Crippen MR) is 81.2 cm³/mol. The van der Waals surface area contributed by atoms with Crippen LogP contribution in [0.4, 0.5) is 16.3 Å². The Morgan fingerprint density at radius 1 is 1.24 bits per heavy atom. The summed E-state index contributed by atoms with van der Waals surface area (Å²) in [5, 5.41) is 0. The number of aromatic nitrogens is 2. The summed E-state index contributed by atoms with van der Waals surface area (Å²) >= 11 is 0. The van der Waals surface area contributed by atoms with Gasteiger partial charge in [0.05, 0.1) is 11.4 Å². The van der Waals surface area contributed by atoms with Crippen LogP contribution in [0.3, 0.4) is 0 Å². The summed E-state index contributed by atoms with van der Waals surface area (Å²) in [5.41, 5.74) is 6.92. The predicted octanol–water partition coefficient (Wildman–Crippen LogP) is 1.42. The minimum Gasteiger partial charge on any atom is -0.444 e. The lowest BCUT2D eigenvalue weighted by atomic mass is 10.2. The first-order valence-corrected chi connectivity index (χ1v) is 7.08. The molecule has 1 aliphatic rings. The number of hydrogen-bond donors (Lipinski definition) is 1. The van der Waals surface area contributed by atoms with Crippen LogP contribution in [0.1, 0.15) is 26.5 Å². The third-order valence-corrected chi connectivity index (χ3v) is 3.29. The number of carbonyl (C=O) groups is 1. The van der Waals surface area contributed by atoms with Crippen LogP contribution in [-0.2, 0) is 4.74 Å². The Labute approximate surface area is 125 Å². The van der Waals surface area contributed by atoms with Crippen molar-refractivity contribution in [2.75, 3.05) is 36.8 Å². The molecule has 7 heteroatoms. The van der Waals surface area contributed by atoms with Crippen molar-refractivity contribution in [2.45, 2.75) is 33.3 Å². The fourth-order valence-electron chi connectivity index (χ4n) is 2.15. The fraction of sp³-hybridized carbons (Fsp3) is 0.643. The Hall–Kier alpha value is -2.05. The summed E-state index contributed by atoms with van der Waals surface area (Å²) in [5.74, 6) is 0.742. The van der Waals surface area contributed by atoms with Crippen LogP contribution in [0, 0.1) is 6.92 Å². The maximum atomic E-state index is 12.0. The van der Waals surface area contributed by atoms with Gasteiger partial charge in [0.15, 0.2) is 5.82 Å². The number of anilines is 2. The lowest BCUT2D eigenvalue weighted by Gasteiger charge is -2.36. The van der Waals surface area contributed by atoms with E-state index in [-0.39, 0.29) is 6.09 Å². The van der Waals surface area contributed by atoms with E-state index in [0.29, 0.717) is 31.9 Å². The standard InChI is InChI=1S/C14H23N5O2/c1-10-11(15)12(17-9-16-10)18-5-7-19(8-6-18)13(20)21-14(2,3)4/h9H,5-8,15H2,1-4H3. The lowest BCUT2D eigenvalue weighted by molar-refractivity contribution is 0.0240. The zero-order chi connectivity index (χ0) is 15.6. The second-order valence-electron chi connectivity index (χ2n) is 6.15. The first-order chi connectivity index (χ1) is 9.78. The summed E-state index contributed by atoms with van der Waals surface area (Å²) in [4.78, 5) is 24.1. The normalized spacial score (nSPS) is 16.0. The number of aryl methyl sites for hydroxylation is 1. The second kappa shape index (κ2) is 5.75. The van der Waals surface area contributed by atoms with Gasteiger partial charge in [0.1, 0.15) is 11.9 Å². The van der Waals surface area contributed by atoms with Gasteiger partial charge in [-0.15, -0.1) is 0 Å². The average molecular weight is 293 g/mol. The largest absolute Gasteiger partial charge is 0.444 e. The highest BCUT2D eigenvalue weighted by molar-refractivity contribution is 5.69. The van der Waals surface area contributed by atoms with Crippen LogP contribution >= 0.6 is 0 Å². The molecule has 0 aromatic carbocycles. The van der Waals surface area contributed by atoms with Crippen LogP contribution in [0.15, 0.2) is 6.33 Å². The monoisotopic (exact) mass is 293 g/mol. The summed E-state index contributed by atoms with van der Waals surface area (Å²) in [6.07, 6.45) is 1.25. The summed E-state index contributed by atoms with van der Waals surface area (Å²) in [6, 6.07) is 0. The SMILES string of the molecule is Cc1ncnc(N2CCN(C(=O)OC(C)(C)C)CC2)c1N. The van der Waals surface area contributed by atoms with Crippen LogP contribution in [0.25, 0.3) is 0 Å². The number of nitrogens with zero attached hydrogens (tertiary/aromatic N) is 4. The zero-order valence-corrected chi connectivity index (χ0v) is 13.1. The third kappa shape index (κ3) is 3.74. The lowest BCUT2D eigenvalue weighted by Crippen LogP contribution is -2.50. The minimum absolute atomic E-state index is 0.269. The van der Waals surface area contributed by atoms with Crippen molar-refractivity contribution >= 4 is 17.6 Å². The average Bonchev–Trinajstić information content (AvgIpc) is 2.40. The molecule has 1 aromatic rings. The first-order valence-electron chi connectivity index (χ1n) is 7.08. The van der Waals surface area contributed by atoms with E-state index in [0.717, 1.165) is 11.5 Å². The number of amides is 1. The highest BCUT2D eigenvalue weighted by Gasteiger charge is 2.27. The zero-order valence-electron chi connectivity index (χ0n) is 13.1. The van der Waals surface area contributed by atoms with Crippen LogP contribution in [0.5, 0.6) is 0 Å². The Morgan fingerprint density at radius 2 is 1.86 bits per heavy atom. The second-order valence-corrected chi connectivity index (χ2v) is 6.15. The molecule has 0 radical (unpaired) electrons. The van der Waals surface area contributed by atoms with E-state index >= 15 is 0 Å². The van der Waals surface area contributed by atoms with Crippen molar-refractivity contribution in [2.24, 2.45) is 0 Å². The van der Waals surface area contributed by atoms with Crippen molar-refractivity contribution in [3.63, 3.8) is 0 Å². The molecule has 2 heterocycles. The number of hydrogen-bond acceptors (Lipinski definition) is 6. The minimum atomic E-state index is -0.470. The van der Waals surface area contributed by atoms with Gasteiger partial charge in [-0.1, -0.05) is 0 Å². The first kappa shape index (κ1) is 15.3. The molecule has 0 saturated carbocycles. The Kier molecular flexibility index (Phi) is 4.20. The van der Waals surface area contributed by atoms with Gasteiger partial charge in [0, 0.05) is 26.2 Å². The van der Waals surface area contributed by atoms with Crippen molar-refractivity contribution in [1.29, 1.82) is 0 Å². The summed E-state index contributed by atoms with van der Waals surface area (Å²) in [6.45, 7) is 10.0. The molecule has 1 saturated heterocycles. The molecule has 2 rings (SSSR count). The molecule has 0 spiro atoms. The highest BCUT2D eigenvalue weighted by atomic mass is 16.6. The molecule has 0 atom stereocenters. The molecular weight excluding hydrogens is 270 g/mol. The smallest absolute Gasteiger partial charge is 0.410 e. The molecule has 2 N–H and O–H groups in total. The van der Waals surface area contributed by atoms with Crippen molar-refractivity contribution < 1.29 is 9.53 Å². The topological polar surface area (TPSA) is 84.6 Å². The molecule has 0 bridgehead atoms. The highest BCUT2D eigenvalue weighted by Crippen LogP contribution is 2.23. The molecule has 0 unspecified atom stereocenters. The number of ether oxygens (including phenoxy) is 1. The van der Waals surface area contributed by atoms with Gasteiger partial charge in [0.25, 0.3) is 0 Å². The number of carbonyl (C=O) groups excluding carboxylic acids is 1. The molecule has 1 aliphatic heterocycles. The molecular formula is C14H23N5O2. The molecule has 116 valence electrons. The van der Waals surface area contributed by atoms with E-state index < -0.39 is 5.60 Å². The van der Waals surface area contributed by atoms with Gasteiger partial charge < -0.3 is 20.3 Å². The Balaban J connectivity index is 1.97. The van der Waals surface area contributed by atoms with E-state index in [4.69, 9.17) is 10.5 Å². The van der Waals surface area contributed by atoms with E-state index in [2.05, 4.69) is 14.9 Å². The summed E-state index contributed by atoms with van der Waals surface area (Å²) < 4.78 is 5.38.